The molecule has 1 aromatic carbocycles. The molecule has 0 bridgehead atoms. The zero-order valence-electron chi connectivity index (χ0n) is 9.95. The van der Waals surface area contributed by atoms with E-state index in [0.717, 1.165) is 9.35 Å². The normalized spacial score (nSPS) is 10.9. The van der Waals surface area contributed by atoms with E-state index >= 15 is 0 Å². The first-order chi connectivity index (χ1) is 9.58. The van der Waals surface area contributed by atoms with Crippen LogP contribution in [0.4, 0.5) is 10.2 Å². The monoisotopic (exact) mass is 371 g/mol. The van der Waals surface area contributed by atoms with Crippen LogP contribution < -0.4 is 5.73 Å². The zero-order chi connectivity index (χ0) is 14.3. The first kappa shape index (κ1) is 13.6. The number of nitrogens with two attached hydrogens (primary N) is 1. The van der Waals surface area contributed by atoms with E-state index in [1.807, 2.05) is 11.4 Å². The Bertz CT molecular complexity index is 764. The quantitative estimate of drug-likeness (QED) is 0.669. The van der Waals surface area contributed by atoms with Crippen molar-refractivity contribution in [2.45, 2.75) is 0 Å². The van der Waals surface area contributed by atoms with Gasteiger partial charge in [0.25, 0.3) is 0 Å². The van der Waals surface area contributed by atoms with Crippen LogP contribution in [0.2, 0.25) is 5.02 Å². The highest BCUT2D eigenvalue weighted by atomic mass is 79.9. The van der Waals surface area contributed by atoms with Gasteiger partial charge in [0.05, 0.1) is 20.1 Å². The van der Waals surface area contributed by atoms with Crippen molar-refractivity contribution in [3.63, 3.8) is 0 Å². The molecule has 0 aliphatic rings. The third kappa shape index (κ3) is 2.24. The highest BCUT2D eigenvalue weighted by Crippen LogP contribution is 2.41. The van der Waals surface area contributed by atoms with Crippen LogP contribution in [0, 0.1) is 5.82 Å². The molecule has 0 radical (unpaired) electrons. The van der Waals surface area contributed by atoms with Gasteiger partial charge in [-0.3, -0.25) is 5.10 Å². The highest BCUT2D eigenvalue weighted by molar-refractivity contribution is 9.11. The van der Waals surface area contributed by atoms with E-state index in [1.54, 1.807) is 12.1 Å². The van der Waals surface area contributed by atoms with Gasteiger partial charge in [0.2, 0.25) is 0 Å². The summed E-state index contributed by atoms with van der Waals surface area (Å²) in [6, 6.07) is 6.44. The number of rotatable bonds is 2. The predicted molar refractivity (Wildman–Crippen MR) is 84.4 cm³/mol. The van der Waals surface area contributed by atoms with E-state index in [4.69, 9.17) is 17.3 Å². The summed E-state index contributed by atoms with van der Waals surface area (Å²) in [7, 11) is 0. The molecule has 7 heteroatoms. The number of H-pyrrole nitrogens is 1. The van der Waals surface area contributed by atoms with Gasteiger partial charge in [-0.05, 0) is 34.1 Å². The molecule has 2 aromatic heterocycles. The number of aromatic amines is 1. The Morgan fingerprint density at radius 1 is 1.35 bits per heavy atom. The van der Waals surface area contributed by atoms with Gasteiger partial charge in [0, 0.05) is 16.5 Å². The lowest BCUT2D eigenvalue weighted by Crippen LogP contribution is -1.92. The lowest BCUT2D eigenvalue weighted by molar-refractivity contribution is 0.631. The molecule has 0 aliphatic heterocycles. The van der Waals surface area contributed by atoms with E-state index in [-0.39, 0.29) is 11.4 Å². The molecule has 3 nitrogen and oxygen atoms in total. The zero-order valence-corrected chi connectivity index (χ0v) is 13.1. The van der Waals surface area contributed by atoms with Gasteiger partial charge in [0.1, 0.15) is 5.82 Å². The summed E-state index contributed by atoms with van der Waals surface area (Å²) in [6.07, 6.45) is 0. The van der Waals surface area contributed by atoms with E-state index < -0.39 is 5.82 Å². The predicted octanol–water partition coefficient (Wildman–Crippen LogP) is 4.94. The lowest BCUT2D eigenvalue weighted by Gasteiger charge is -2.07. The number of hydrogen-bond donors (Lipinski definition) is 2. The number of nitrogen functional groups attached to an aromatic ring is 1. The summed E-state index contributed by atoms with van der Waals surface area (Å²) < 4.78 is 15.1. The second-order valence-electron chi connectivity index (χ2n) is 4.09. The number of aromatic nitrogens is 2. The Balaban J connectivity index is 2.27. The van der Waals surface area contributed by atoms with Crippen molar-refractivity contribution in [1.29, 1.82) is 0 Å². The van der Waals surface area contributed by atoms with E-state index in [0.29, 0.717) is 16.3 Å². The number of hydrogen-bond acceptors (Lipinski definition) is 3. The van der Waals surface area contributed by atoms with Gasteiger partial charge in [-0.1, -0.05) is 17.7 Å². The number of halogens is 3. The van der Waals surface area contributed by atoms with Gasteiger partial charge < -0.3 is 5.73 Å². The van der Waals surface area contributed by atoms with Crippen molar-refractivity contribution in [3.8, 4) is 22.4 Å². The average Bonchev–Trinajstić information content (AvgIpc) is 2.97. The summed E-state index contributed by atoms with van der Waals surface area (Å²) in [6.45, 7) is 0. The fourth-order valence-electron chi connectivity index (χ4n) is 2.00. The largest absolute Gasteiger partial charge is 0.382 e. The number of nitrogens with one attached hydrogen (secondary N) is 1. The van der Waals surface area contributed by atoms with Crippen molar-refractivity contribution < 1.29 is 4.39 Å². The maximum Gasteiger partial charge on any atom is 0.153 e. The SMILES string of the molecule is Nc1n[nH]c(-c2csc(Br)c2)c1-c1c(F)cccc1Cl. The molecule has 3 N–H and O–H groups in total. The van der Waals surface area contributed by atoms with Crippen LogP contribution in [0.1, 0.15) is 0 Å². The van der Waals surface area contributed by atoms with E-state index in [2.05, 4.69) is 26.1 Å². The minimum Gasteiger partial charge on any atom is -0.382 e. The molecule has 2 heterocycles. The average molecular weight is 373 g/mol. The van der Waals surface area contributed by atoms with Gasteiger partial charge in [-0.2, -0.15) is 5.10 Å². The van der Waals surface area contributed by atoms with Crippen LogP contribution in [0.3, 0.4) is 0 Å². The summed E-state index contributed by atoms with van der Waals surface area (Å²) >= 11 is 11.0. The molecule has 0 aliphatic carbocycles. The van der Waals surface area contributed by atoms with Crippen LogP contribution in [0.5, 0.6) is 0 Å². The van der Waals surface area contributed by atoms with Crippen molar-refractivity contribution >= 4 is 44.7 Å². The molecule has 0 fully saturated rings. The summed E-state index contributed by atoms with van der Waals surface area (Å²) in [4.78, 5) is 0. The fourth-order valence-corrected chi connectivity index (χ4v) is 3.40. The molecule has 0 saturated carbocycles. The summed E-state index contributed by atoms with van der Waals surface area (Å²) in [5, 5.41) is 9.05. The first-order valence-corrected chi connectivity index (χ1v) is 7.65. The maximum atomic E-state index is 14.1. The molecule has 20 heavy (non-hydrogen) atoms. The fraction of sp³-hybridized carbons (Fsp3) is 0. The topological polar surface area (TPSA) is 54.7 Å². The number of nitrogens with zero attached hydrogens (tertiary/aromatic N) is 1. The molecule has 0 spiro atoms. The van der Waals surface area contributed by atoms with Crippen LogP contribution in [0.25, 0.3) is 22.4 Å². The number of thiophene rings is 1. The molecule has 0 unspecified atom stereocenters. The molecule has 0 saturated heterocycles. The van der Waals surface area contributed by atoms with Gasteiger partial charge in [0.15, 0.2) is 5.82 Å². The molecular weight excluding hydrogens is 365 g/mol. The molecule has 0 atom stereocenters. The first-order valence-electron chi connectivity index (χ1n) is 5.60. The Kier molecular flexibility index (Phi) is 3.54. The van der Waals surface area contributed by atoms with Gasteiger partial charge in [-0.15, -0.1) is 11.3 Å². The van der Waals surface area contributed by atoms with Crippen LogP contribution >= 0.6 is 38.9 Å². The van der Waals surface area contributed by atoms with Crippen molar-refractivity contribution in [2.75, 3.05) is 5.73 Å². The third-order valence-corrected chi connectivity index (χ3v) is 4.68. The third-order valence-electron chi connectivity index (χ3n) is 2.86. The van der Waals surface area contributed by atoms with Crippen LogP contribution in [0.15, 0.2) is 33.4 Å². The molecule has 0 amide bonds. The molecule has 3 rings (SSSR count). The molecule has 3 aromatic rings. The van der Waals surface area contributed by atoms with Crippen molar-refractivity contribution in [1.82, 2.24) is 10.2 Å². The maximum absolute atomic E-state index is 14.1. The second kappa shape index (κ2) is 5.20. The lowest BCUT2D eigenvalue weighted by atomic mass is 10.0. The summed E-state index contributed by atoms with van der Waals surface area (Å²) in [5.74, 6) is -0.213. The second-order valence-corrected chi connectivity index (χ2v) is 6.79. The van der Waals surface area contributed by atoms with Crippen molar-refractivity contribution in [3.05, 3.63) is 44.3 Å². The smallest absolute Gasteiger partial charge is 0.153 e. The van der Waals surface area contributed by atoms with Gasteiger partial charge >= 0.3 is 0 Å². The molecular formula is C13H8BrClFN3S. The minimum atomic E-state index is -0.429. The molecule has 102 valence electrons. The minimum absolute atomic E-state index is 0.217. The standard InChI is InChI=1S/C13H8BrClFN3S/c14-9-4-6(5-20-9)12-11(13(17)19-18-12)10-7(15)2-1-3-8(10)16/h1-5H,(H3,17,18,19). The Morgan fingerprint density at radius 2 is 2.15 bits per heavy atom. The number of anilines is 1. The van der Waals surface area contributed by atoms with Crippen molar-refractivity contribution in [2.24, 2.45) is 0 Å². The Labute approximate surface area is 131 Å². The van der Waals surface area contributed by atoms with Crippen LogP contribution in [-0.4, -0.2) is 10.2 Å². The van der Waals surface area contributed by atoms with E-state index in [9.17, 15) is 4.39 Å². The van der Waals surface area contributed by atoms with Gasteiger partial charge in [-0.25, -0.2) is 4.39 Å². The highest BCUT2D eigenvalue weighted by Gasteiger charge is 2.21. The Hall–Kier alpha value is -1.37. The summed E-state index contributed by atoms with van der Waals surface area (Å²) in [5.41, 5.74) is 8.15. The van der Waals surface area contributed by atoms with Crippen LogP contribution in [-0.2, 0) is 0 Å². The number of benzene rings is 1. The van der Waals surface area contributed by atoms with E-state index in [1.165, 1.54) is 17.4 Å². The Morgan fingerprint density at radius 3 is 2.80 bits per heavy atom.